The number of fused-ring (bicyclic) bond motifs is 12. The molecule has 43 heavy (non-hydrogen) atoms. The van der Waals surface area contributed by atoms with Gasteiger partial charge in [-0.25, -0.2) is 0 Å². The maximum Gasteiger partial charge on any atom is 0.0468 e. The molecule has 0 aliphatic rings. The molecule has 0 saturated carbocycles. The molecular formula is C42H27N. The first-order valence-corrected chi connectivity index (χ1v) is 14.9. The van der Waals surface area contributed by atoms with Crippen LogP contribution in [-0.4, -0.2) is 0 Å². The van der Waals surface area contributed by atoms with Crippen LogP contribution in [0.5, 0.6) is 0 Å². The number of hydrogen-bond donors (Lipinski definition) is 0. The SMILES string of the molecule is c1ccc(N(c2ccccc2)c2ccc3c(c2)c2ccccc2c2cc4c5ccccc5c5ccccc5c4cc32)cc1. The molecule has 0 N–H and O–H groups in total. The van der Waals surface area contributed by atoms with Crippen LogP contribution >= 0.6 is 0 Å². The van der Waals surface area contributed by atoms with E-state index in [1.807, 2.05) is 0 Å². The van der Waals surface area contributed by atoms with Crippen molar-refractivity contribution in [3.05, 3.63) is 164 Å². The zero-order chi connectivity index (χ0) is 28.3. The Morgan fingerprint density at radius 2 is 0.512 bits per heavy atom. The van der Waals surface area contributed by atoms with Gasteiger partial charge in [-0.15, -0.1) is 0 Å². The summed E-state index contributed by atoms with van der Waals surface area (Å²) in [5, 5.41) is 15.5. The lowest BCUT2D eigenvalue weighted by atomic mass is 9.88. The summed E-state index contributed by atoms with van der Waals surface area (Å²) in [5.74, 6) is 0. The van der Waals surface area contributed by atoms with Gasteiger partial charge in [-0.2, -0.15) is 0 Å². The summed E-state index contributed by atoms with van der Waals surface area (Å²) >= 11 is 0. The molecule has 0 amide bonds. The number of benzene rings is 9. The van der Waals surface area contributed by atoms with E-state index in [-0.39, 0.29) is 0 Å². The van der Waals surface area contributed by atoms with Crippen LogP contribution in [0.4, 0.5) is 17.1 Å². The van der Waals surface area contributed by atoms with Crippen LogP contribution in [-0.2, 0) is 0 Å². The summed E-state index contributed by atoms with van der Waals surface area (Å²) in [4.78, 5) is 2.35. The van der Waals surface area contributed by atoms with Crippen molar-refractivity contribution in [2.24, 2.45) is 0 Å². The molecule has 0 aromatic heterocycles. The van der Waals surface area contributed by atoms with Gasteiger partial charge in [0.1, 0.15) is 0 Å². The van der Waals surface area contributed by atoms with Crippen LogP contribution < -0.4 is 4.90 Å². The van der Waals surface area contributed by atoms with Gasteiger partial charge < -0.3 is 4.90 Å². The fourth-order valence-corrected chi connectivity index (χ4v) is 7.08. The summed E-state index contributed by atoms with van der Waals surface area (Å²) in [5.41, 5.74) is 3.43. The Kier molecular flexibility index (Phi) is 5.27. The van der Waals surface area contributed by atoms with Crippen LogP contribution in [0.3, 0.4) is 0 Å². The predicted octanol–water partition coefficient (Wildman–Crippen LogP) is 12.1. The third kappa shape index (κ3) is 3.65. The lowest BCUT2D eigenvalue weighted by Crippen LogP contribution is -2.09. The van der Waals surface area contributed by atoms with E-state index in [1.54, 1.807) is 0 Å². The Labute approximate surface area is 249 Å². The van der Waals surface area contributed by atoms with Crippen LogP contribution in [0, 0.1) is 0 Å². The van der Waals surface area contributed by atoms with Crippen molar-refractivity contribution in [2.45, 2.75) is 0 Å². The Morgan fingerprint density at radius 3 is 0.907 bits per heavy atom. The van der Waals surface area contributed by atoms with Crippen molar-refractivity contribution in [1.29, 1.82) is 0 Å². The highest BCUT2D eigenvalue weighted by Crippen LogP contribution is 2.44. The first kappa shape index (κ1) is 24.0. The lowest BCUT2D eigenvalue weighted by Gasteiger charge is -2.26. The fourth-order valence-electron chi connectivity index (χ4n) is 7.08. The Hall–Kier alpha value is -5.66. The van der Waals surface area contributed by atoms with E-state index in [9.17, 15) is 0 Å². The van der Waals surface area contributed by atoms with Crippen LogP contribution in [0.15, 0.2) is 164 Å². The van der Waals surface area contributed by atoms with Gasteiger partial charge in [0.2, 0.25) is 0 Å². The highest BCUT2D eigenvalue weighted by molar-refractivity contribution is 6.33. The first-order valence-electron chi connectivity index (χ1n) is 14.9. The summed E-state index contributed by atoms with van der Waals surface area (Å²) in [6.45, 7) is 0. The summed E-state index contributed by atoms with van der Waals surface area (Å²) in [6, 6.07) is 59.7. The highest BCUT2D eigenvalue weighted by atomic mass is 15.1. The molecule has 0 aliphatic carbocycles. The molecule has 1 heteroatoms. The van der Waals surface area contributed by atoms with E-state index in [2.05, 4.69) is 169 Å². The number of rotatable bonds is 3. The van der Waals surface area contributed by atoms with E-state index < -0.39 is 0 Å². The second-order valence-corrected chi connectivity index (χ2v) is 11.3. The van der Waals surface area contributed by atoms with Crippen molar-refractivity contribution >= 4 is 81.7 Å². The molecule has 9 rings (SSSR count). The molecule has 0 radical (unpaired) electrons. The quantitative estimate of drug-likeness (QED) is 0.158. The molecule has 0 spiro atoms. The molecule has 0 saturated heterocycles. The minimum absolute atomic E-state index is 1.14. The van der Waals surface area contributed by atoms with E-state index >= 15 is 0 Å². The molecule has 0 aliphatic heterocycles. The van der Waals surface area contributed by atoms with Crippen molar-refractivity contribution in [2.75, 3.05) is 4.90 Å². The molecule has 1 nitrogen and oxygen atoms in total. The monoisotopic (exact) mass is 545 g/mol. The van der Waals surface area contributed by atoms with E-state index in [0.29, 0.717) is 0 Å². The second-order valence-electron chi connectivity index (χ2n) is 11.3. The maximum absolute atomic E-state index is 2.44. The lowest BCUT2D eigenvalue weighted by molar-refractivity contribution is 1.29. The minimum atomic E-state index is 1.14. The number of para-hydroxylation sites is 2. The zero-order valence-electron chi connectivity index (χ0n) is 23.5. The summed E-state index contributed by atoms with van der Waals surface area (Å²) < 4.78 is 0. The molecular weight excluding hydrogens is 518 g/mol. The third-order valence-electron chi connectivity index (χ3n) is 8.97. The first-order chi connectivity index (χ1) is 21.3. The van der Waals surface area contributed by atoms with Gasteiger partial charge in [0.15, 0.2) is 0 Å². The van der Waals surface area contributed by atoms with E-state index in [0.717, 1.165) is 17.1 Å². The largest absolute Gasteiger partial charge is 0.310 e. The summed E-state index contributed by atoms with van der Waals surface area (Å²) in [7, 11) is 0. The smallest absolute Gasteiger partial charge is 0.0468 e. The Bertz CT molecular complexity index is 2460. The van der Waals surface area contributed by atoms with Crippen molar-refractivity contribution < 1.29 is 0 Å². The molecule has 0 unspecified atom stereocenters. The molecule has 0 bridgehead atoms. The topological polar surface area (TPSA) is 3.24 Å². The van der Waals surface area contributed by atoms with Gasteiger partial charge in [-0.1, -0.05) is 115 Å². The van der Waals surface area contributed by atoms with Gasteiger partial charge in [0.25, 0.3) is 0 Å². The molecule has 200 valence electrons. The molecule has 9 aromatic carbocycles. The second kappa shape index (κ2) is 9.44. The Morgan fingerprint density at radius 1 is 0.209 bits per heavy atom. The van der Waals surface area contributed by atoms with E-state index in [4.69, 9.17) is 0 Å². The van der Waals surface area contributed by atoms with Crippen LogP contribution in [0.1, 0.15) is 0 Å². The minimum Gasteiger partial charge on any atom is -0.310 e. The molecule has 0 fully saturated rings. The molecule has 9 aromatic rings. The summed E-state index contributed by atoms with van der Waals surface area (Å²) in [6.07, 6.45) is 0. The molecule has 0 heterocycles. The maximum atomic E-state index is 2.44. The standard InChI is InChI=1S/C42H27N/c1-3-13-28(14-4-1)43(29-15-5-2-6-16-29)30-23-24-37-38(25-30)35-21-11-12-22-36(35)41-26-39-33-19-9-7-17-31(33)32-18-8-10-20-34(32)40(39)27-42(37)41/h1-27H. The fraction of sp³-hybridized carbons (Fsp3) is 0. The van der Waals surface area contributed by atoms with Gasteiger partial charge in [0, 0.05) is 17.1 Å². The van der Waals surface area contributed by atoms with Crippen LogP contribution in [0.25, 0.3) is 64.6 Å². The van der Waals surface area contributed by atoms with Gasteiger partial charge in [0.05, 0.1) is 0 Å². The van der Waals surface area contributed by atoms with Gasteiger partial charge in [-0.05, 0) is 113 Å². The van der Waals surface area contributed by atoms with Crippen molar-refractivity contribution in [1.82, 2.24) is 0 Å². The van der Waals surface area contributed by atoms with Crippen LogP contribution in [0.2, 0.25) is 0 Å². The predicted molar refractivity (Wildman–Crippen MR) is 186 cm³/mol. The highest BCUT2D eigenvalue weighted by Gasteiger charge is 2.17. The number of hydrogen-bond acceptors (Lipinski definition) is 1. The average molecular weight is 546 g/mol. The molecule has 0 atom stereocenters. The van der Waals surface area contributed by atoms with Gasteiger partial charge >= 0.3 is 0 Å². The van der Waals surface area contributed by atoms with E-state index in [1.165, 1.54) is 64.6 Å². The third-order valence-corrected chi connectivity index (χ3v) is 8.97. The number of anilines is 3. The number of nitrogens with zero attached hydrogens (tertiary/aromatic N) is 1. The normalized spacial score (nSPS) is 11.7. The Balaban J connectivity index is 1.41. The average Bonchev–Trinajstić information content (AvgIpc) is 3.09. The van der Waals surface area contributed by atoms with Crippen molar-refractivity contribution in [3.8, 4) is 0 Å². The van der Waals surface area contributed by atoms with Crippen molar-refractivity contribution in [3.63, 3.8) is 0 Å². The zero-order valence-corrected chi connectivity index (χ0v) is 23.5. The van der Waals surface area contributed by atoms with Gasteiger partial charge in [-0.3, -0.25) is 0 Å².